The van der Waals surface area contributed by atoms with E-state index >= 15 is 0 Å². The molecule has 4 nitrogen and oxygen atoms in total. The molecule has 0 bridgehead atoms. The Balaban J connectivity index is 2.67. The highest BCUT2D eigenvalue weighted by Crippen LogP contribution is 2.21. The molecule has 0 aliphatic carbocycles. The first-order valence-electron chi connectivity index (χ1n) is 4.11. The molecular formula is C10H9BrO4. The monoisotopic (exact) mass is 272 g/mol. The summed E-state index contributed by atoms with van der Waals surface area (Å²) in [4.78, 5) is 21.3. The topological polar surface area (TPSA) is 52.6 Å². The van der Waals surface area contributed by atoms with Gasteiger partial charge in [0.2, 0.25) is 0 Å². The van der Waals surface area contributed by atoms with E-state index in [4.69, 9.17) is 4.74 Å². The van der Waals surface area contributed by atoms with Crippen molar-refractivity contribution >= 4 is 28.2 Å². The van der Waals surface area contributed by atoms with Crippen molar-refractivity contribution in [1.82, 2.24) is 0 Å². The summed E-state index contributed by atoms with van der Waals surface area (Å²) in [6.45, 7) is -0.149. The number of carbonyl (C=O) groups is 2. The van der Waals surface area contributed by atoms with Gasteiger partial charge in [0.15, 0.2) is 12.9 Å². The van der Waals surface area contributed by atoms with Gasteiger partial charge in [-0.1, -0.05) is 0 Å². The molecule has 0 radical (unpaired) electrons. The fourth-order valence-electron chi connectivity index (χ4n) is 0.894. The van der Waals surface area contributed by atoms with Gasteiger partial charge in [-0.2, -0.15) is 0 Å². The molecule has 1 aromatic rings. The molecule has 0 fully saturated rings. The van der Waals surface area contributed by atoms with Gasteiger partial charge >= 0.3 is 5.97 Å². The molecule has 0 saturated carbocycles. The average molecular weight is 273 g/mol. The third-order valence-electron chi connectivity index (χ3n) is 1.68. The van der Waals surface area contributed by atoms with Crippen LogP contribution in [-0.2, 0) is 9.53 Å². The summed E-state index contributed by atoms with van der Waals surface area (Å²) in [7, 11) is 1.29. The standard InChI is InChI=1S/C10H9BrO4/c1-14-10(13)6-15-8-3-2-7(5-12)9(11)4-8/h2-5H,6H2,1H3. The van der Waals surface area contributed by atoms with Crippen molar-refractivity contribution in [1.29, 1.82) is 0 Å². The number of hydrogen-bond acceptors (Lipinski definition) is 4. The van der Waals surface area contributed by atoms with E-state index in [9.17, 15) is 9.59 Å². The van der Waals surface area contributed by atoms with Crippen molar-refractivity contribution in [3.8, 4) is 5.75 Å². The van der Waals surface area contributed by atoms with Crippen molar-refractivity contribution in [2.24, 2.45) is 0 Å². The third-order valence-corrected chi connectivity index (χ3v) is 2.37. The summed E-state index contributed by atoms with van der Waals surface area (Å²) in [6, 6.07) is 4.83. The van der Waals surface area contributed by atoms with Crippen molar-refractivity contribution in [3.63, 3.8) is 0 Å². The number of aldehydes is 1. The zero-order chi connectivity index (χ0) is 11.3. The highest BCUT2D eigenvalue weighted by atomic mass is 79.9. The van der Waals surface area contributed by atoms with Crippen molar-refractivity contribution in [2.75, 3.05) is 13.7 Å². The molecule has 0 amide bonds. The predicted octanol–water partition coefficient (Wildman–Crippen LogP) is 1.81. The lowest BCUT2D eigenvalue weighted by Crippen LogP contribution is -2.12. The maximum atomic E-state index is 10.8. The highest BCUT2D eigenvalue weighted by molar-refractivity contribution is 9.10. The van der Waals surface area contributed by atoms with E-state index in [1.54, 1.807) is 18.2 Å². The van der Waals surface area contributed by atoms with Crippen LogP contribution in [0.5, 0.6) is 5.75 Å². The molecule has 1 rings (SSSR count). The molecule has 0 heterocycles. The van der Waals surface area contributed by atoms with Crippen molar-refractivity contribution < 1.29 is 19.1 Å². The van der Waals surface area contributed by atoms with Crippen molar-refractivity contribution in [2.45, 2.75) is 0 Å². The lowest BCUT2D eigenvalue weighted by molar-refractivity contribution is -0.142. The molecule has 1 aromatic carbocycles. The second-order valence-electron chi connectivity index (χ2n) is 2.67. The summed E-state index contributed by atoms with van der Waals surface area (Å²) in [5, 5.41) is 0. The second-order valence-corrected chi connectivity index (χ2v) is 3.52. The van der Waals surface area contributed by atoms with E-state index in [0.29, 0.717) is 15.8 Å². The SMILES string of the molecule is COC(=O)COc1ccc(C=O)c(Br)c1. The number of carbonyl (C=O) groups excluding carboxylic acids is 2. The first kappa shape index (κ1) is 11.7. The number of benzene rings is 1. The van der Waals surface area contributed by atoms with Gasteiger partial charge in [-0.15, -0.1) is 0 Å². The molecule has 0 unspecified atom stereocenters. The van der Waals surface area contributed by atoms with Gasteiger partial charge in [0.1, 0.15) is 5.75 Å². The number of halogens is 1. The maximum absolute atomic E-state index is 10.8. The molecule has 0 saturated heterocycles. The molecule has 80 valence electrons. The Labute approximate surface area is 95.3 Å². The molecule has 0 aromatic heterocycles. The molecule has 0 aliphatic rings. The lowest BCUT2D eigenvalue weighted by Gasteiger charge is -2.05. The van der Waals surface area contributed by atoms with E-state index in [1.807, 2.05) is 0 Å². The Bertz CT molecular complexity index is 376. The Kier molecular flexibility index (Phi) is 4.30. The van der Waals surface area contributed by atoms with E-state index in [2.05, 4.69) is 20.7 Å². The average Bonchev–Trinajstić information content (AvgIpc) is 2.26. The molecule has 15 heavy (non-hydrogen) atoms. The largest absolute Gasteiger partial charge is 0.482 e. The number of rotatable bonds is 4. The van der Waals surface area contributed by atoms with Crippen LogP contribution in [-0.4, -0.2) is 26.0 Å². The smallest absolute Gasteiger partial charge is 0.343 e. The van der Waals surface area contributed by atoms with E-state index in [1.165, 1.54) is 7.11 Å². The number of esters is 1. The van der Waals surface area contributed by atoms with Gasteiger partial charge in [-0.05, 0) is 34.1 Å². The van der Waals surface area contributed by atoms with Crippen molar-refractivity contribution in [3.05, 3.63) is 28.2 Å². The predicted molar refractivity (Wildman–Crippen MR) is 57.0 cm³/mol. The number of methoxy groups -OCH3 is 1. The zero-order valence-corrected chi connectivity index (χ0v) is 9.61. The Hall–Kier alpha value is -1.36. The van der Waals surface area contributed by atoms with Gasteiger partial charge in [0, 0.05) is 10.0 Å². The molecule has 0 atom stereocenters. The molecule has 0 N–H and O–H groups in total. The van der Waals surface area contributed by atoms with Gasteiger partial charge in [0.05, 0.1) is 7.11 Å². The summed E-state index contributed by atoms with van der Waals surface area (Å²) in [5.41, 5.74) is 0.528. The van der Waals surface area contributed by atoms with Gasteiger partial charge < -0.3 is 9.47 Å². The second kappa shape index (κ2) is 5.50. The van der Waals surface area contributed by atoms with E-state index in [-0.39, 0.29) is 6.61 Å². The van der Waals surface area contributed by atoms with E-state index < -0.39 is 5.97 Å². The number of ether oxygens (including phenoxy) is 2. The van der Waals surface area contributed by atoms with Gasteiger partial charge in [0.25, 0.3) is 0 Å². The highest BCUT2D eigenvalue weighted by Gasteiger charge is 2.04. The van der Waals surface area contributed by atoms with Gasteiger partial charge in [-0.3, -0.25) is 4.79 Å². The normalized spacial score (nSPS) is 9.47. The summed E-state index contributed by atoms with van der Waals surface area (Å²) in [5.74, 6) is 0.0449. The molecule has 5 heteroatoms. The Morgan fingerprint density at radius 3 is 2.80 bits per heavy atom. The third kappa shape index (κ3) is 3.36. The Morgan fingerprint density at radius 1 is 1.53 bits per heavy atom. The van der Waals surface area contributed by atoms with Crippen LogP contribution in [0.2, 0.25) is 0 Å². The maximum Gasteiger partial charge on any atom is 0.343 e. The van der Waals surface area contributed by atoms with Crippen LogP contribution in [0.25, 0.3) is 0 Å². The van der Waals surface area contributed by atoms with Gasteiger partial charge in [-0.25, -0.2) is 4.79 Å². The zero-order valence-electron chi connectivity index (χ0n) is 8.03. The lowest BCUT2D eigenvalue weighted by atomic mass is 10.2. The quantitative estimate of drug-likeness (QED) is 0.620. The van der Waals surface area contributed by atoms with Crippen LogP contribution in [0.3, 0.4) is 0 Å². The number of hydrogen-bond donors (Lipinski definition) is 0. The first-order valence-corrected chi connectivity index (χ1v) is 4.91. The van der Waals surface area contributed by atoms with Crippen LogP contribution < -0.4 is 4.74 Å². The Morgan fingerprint density at radius 2 is 2.27 bits per heavy atom. The van der Waals surface area contributed by atoms with E-state index in [0.717, 1.165) is 6.29 Å². The van der Waals surface area contributed by atoms with Crippen LogP contribution in [0.4, 0.5) is 0 Å². The van der Waals surface area contributed by atoms with Crippen LogP contribution in [0, 0.1) is 0 Å². The minimum atomic E-state index is -0.453. The van der Waals surface area contributed by atoms with Crippen LogP contribution in [0.1, 0.15) is 10.4 Å². The van der Waals surface area contributed by atoms with Crippen LogP contribution >= 0.6 is 15.9 Å². The molecule has 0 spiro atoms. The first-order chi connectivity index (χ1) is 7.17. The minimum absolute atomic E-state index is 0.149. The summed E-state index contributed by atoms with van der Waals surface area (Å²) in [6.07, 6.45) is 0.730. The molecule has 0 aliphatic heterocycles. The fraction of sp³-hybridized carbons (Fsp3) is 0.200. The molecular weight excluding hydrogens is 264 g/mol. The van der Waals surface area contributed by atoms with Crippen LogP contribution in [0.15, 0.2) is 22.7 Å². The summed E-state index contributed by atoms with van der Waals surface area (Å²) < 4.78 is 10.2. The fourth-order valence-corrected chi connectivity index (χ4v) is 1.35. The minimum Gasteiger partial charge on any atom is -0.482 e. The summed E-state index contributed by atoms with van der Waals surface area (Å²) >= 11 is 3.20.